The van der Waals surface area contributed by atoms with Crippen LogP contribution in [0.2, 0.25) is 0 Å². The molecule has 0 N–H and O–H groups in total. The van der Waals surface area contributed by atoms with Crippen molar-refractivity contribution < 1.29 is 4.79 Å². The van der Waals surface area contributed by atoms with Crippen LogP contribution >= 0.6 is 0 Å². The molecule has 0 saturated carbocycles. The van der Waals surface area contributed by atoms with Crippen LogP contribution in [0.25, 0.3) is 0 Å². The predicted octanol–water partition coefficient (Wildman–Crippen LogP) is 1.31. The van der Waals surface area contributed by atoms with Crippen molar-refractivity contribution in [3.8, 4) is 0 Å². The summed E-state index contributed by atoms with van der Waals surface area (Å²) in [6.07, 6.45) is 4.70. The maximum Gasteiger partial charge on any atom is 0.129 e. The number of fused-ring (bicyclic) bond motifs is 1. The Morgan fingerprint density at radius 1 is 1.64 bits per heavy atom. The summed E-state index contributed by atoms with van der Waals surface area (Å²) in [5.41, 5.74) is 2.23. The Labute approximate surface area is 65.3 Å². The SMILES string of the molecule is O=CC1CCc2cccnc21. The molecule has 1 aromatic rings. The van der Waals surface area contributed by atoms with Crippen molar-refractivity contribution >= 4 is 6.29 Å². The molecule has 0 spiro atoms. The number of aldehydes is 1. The summed E-state index contributed by atoms with van der Waals surface area (Å²) in [5, 5.41) is 0. The molecule has 1 aromatic heterocycles. The zero-order chi connectivity index (χ0) is 7.68. The Morgan fingerprint density at radius 2 is 2.55 bits per heavy atom. The molecule has 0 amide bonds. The molecule has 1 heterocycles. The van der Waals surface area contributed by atoms with Gasteiger partial charge in [-0.1, -0.05) is 6.07 Å². The number of nitrogens with zero attached hydrogens (tertiary/aromatic N) is 1. The Kier molecular flexibility index (Phi) is 1.46. The van der Waals surface area contributed by atoms with Gasteiger partial charge in [-0.2, -0.15) is 0 Å². The van der Waals surface area contributed by atoms with Crippen molar-refractivity contribution in [1.29, 1.82) is 0 Å². The predicted molar refractivity (Wildman–Crippen MR) is 41.4 cm³/mol. The zero-order valence-electron chi connectivity index (χ0n) is 6.16. The second-order valence-electron chi connectivity index (χ2n) is 2.83. The molecule has 0 saturated heterocycles. The molecule has 0 radical (unpaired) electrons. The molecule has 1 unspecified atom stereocenters. The van der Waals surface area contributed by atoms with Gasteiger partial charge in [0.25, 0.3) is 0 Å². The van der Waals surface area contributed by atoms with Gasteiger partial charge in [0.05, 0.1) is 11.6 Å². The first-order chi connectivity index (χ1) is 5.42. The van der Waals surface area contributed by atoms with Gasteiger partial charge >= 0.3 is 0 Å². The minimum Gasteiger partial charge on any atom is -0.303 e. The van der Waals surface area contributed by atoms with E-state index >= 15 is 0 Å². The Morgan fingerprint density at radius 3 is 3.36 bits per heavy atom. The number of rotatable bonds is 1. The normalized spacial score (nSPS) is 21.3. The van der Waals surface area contributed by atoms with Gasteiger partial charge in [0.15, 0.2) is 0 Å². The highest BCUT2D eigenvalue weighted by Gasteiger charge is 2.22. The largest absolute Gasteiger partial charge is 0.303 e. The van der Waals surface area contributed by atoms with E-state index in [4.69, 9.17) is 0 Å². The average Bonchev–Trinajstić information content (AvgIpc) is 2.47. The van der Waals surface area contributed by atoms with E-state index in [1.54, 1.807) is 6.20 Å². The summed E-state index contributed by atoms with van der Waals surface area (Å²) in [4.78, 5) is 14.7. The summed E-state index contributed by atoms with van der Waals surface area (Å²) in [6, 6.07) is 3.97. The van der Waals surface area contributed by atoms with Crippen LogP contribution in [0.3, 0.4) is 0 Å². The maximum absolute atomic E-state index is 10.5. The van der Waals surface area contributed by atoms with Crippen molar-refractivity contribution in [3.05, 3.63) is 29.6 Å². The van der Waals surface area contributed by atoms with E-state index < -0.39 is 0 Å². The van der Waals surface area contributed by atoms with E-state index in [0.29, 0.717) is 0 Å². The van der Waals surface area contributed by atoms with E-state index in [9.17, 15) is 4.79 Å². The van der Waals surface area contributed by atoms with Gasteiger partial charge < -0.3 is 4.79 Å². The quantitative estimate of drug-likeness (QED) is 0.560. The molecular formula is C9H9NO. The summed E-state index contributed by atoms with van der Waals surface area (Å²) in [6.45, 7) is 0. The van der Waals surface area contributed by atoms with Crippen LogP contribution in [-0.4, -0.2) is 11.3 Å². The number of pyridine rings is 1. The summed E-state index contributed by atoms with van der Waals surface area (Å²) < 4.78 is 0. The molecule has 0 aromatic carbocycles. The highest BCUT2D eigenvalue weighted by molar-refractivity contribution is 5.63. The number of carbonyl (C=O) groups excluding carboxylic acids is 1. The topological polar surface area (TPSA) is 30.0 Å². The van der Waals surface area contributed by atoms with Crippen LogP contribution in [0.15, 0.2) is 18.3 Å². The smallest absolute Gasteiger partial charge is 0.129 e. The third-order valence-corrected chi connectivity index (χ3v) is 2.17. The minimum atomic E-state index is 0.0613. The van der Waals surface area contributed by atoms with E-state index in [-0.39, 0.29) is 5.92 Å². The van der Waals surface area contributed by atoms with E-state index in [1.807, 2.05) is 12.1 Å². The van der Waals surface area contributed by atoms with E-state index in [2.05, 4.69) is 4.98 Å². The number of aromatic nitrogens is 1. The van der Waals surface area contributed by atoms with Gasteiger partial charge in [-0.05, 0) is 24.5 Å². The van der Waals surface area contributed by atoms with Gasteiger partial charge in [-0.25, -0.2) is 0 Å². The van der Waals surface area contributed by atoms with Crippen molar-refractivity contribution in [1.82, 2.24) is 4.98 Å². The molecule has 0 bridgehead atoms. The first-order valence-corrected chi connectivity index (χ1v) is 3.81. The van der Waals surface area contributed by atoms with Crippen LogP contribution in [0.5, 0.6) is 0 Å². The second kappa shape index (κ2) is 2.46. The monoisotopic (exact) mass is 147 g/mol. The third kappa shape index (κ3) is 0.946. The number of hydrogen-bond acceptors (Lipinski definition) is 2. The van der Waals surface area contributed by atoms with Gasteiger partial charge in [0.2, 0.25) is 0 Å². The molecule has 1 aliphatic rings. The average molecular weight is 147 g/mol. The van der Waals surface area contributed by atoms with Crippen LogP contribution in [0.4, 0.5) is 0 Å². The highest BCUT2D eigenvalue weighted by Crippen LogP contribution is 2.28. The van der Waals surface area contributed by atoms with Crippen LogP contribution in [0, 0.1) is 0 Å². The molecule has 2 nitrogen and oxygen atoms in total. The number of carbonyl (C=O) groups is 1. The van der Waals surface area contributed by atoms with Crippen molar-refractivity contribution in [2.75, 3.05) is 0 Å². The molecule has 0 aliphatic heterocycles. The maximum atomic E-state index is 10.5. The van der Waals surface area contributed by atoms with Crippen LogP contribution in [-0.2, 0) is 11.2 Å². The Hall–Kier alpha value is -1.18. The molecule has 1 aliphatic carbocycles. The number of aryl methyl sites for hydroxylation is 1. The minimum absolute atomic E-state index is 0.0613. The summed E-state index contributed by atoms with van der Waals surface area (Å²) >= 11 is 0. The standard InChI is InChI=1S/C9H9NO/c11-6-8-4-3-7-2-1-5-10-9(7)8/h1-2,5-6,8H,3-4H2. The fourth-order valence-corrected chi connectivity index (χ4v) is 1.58. The van der Waals surface area contributed by atoms with Gasteiger partial charge in [-0.3, -0.25) is 4.98 Å². The molecule has 1 atom stereocenters. The third-order valence-electron chi connectivity index (χ3n) is 2.17. The summed E-state index contributed by atoms with van der Waals surface area (Å²) in [7, 11) is 0. The fraction of sp³-hybridized carbons (Fsp3) is 0.333. The van der Waals surface area contributed by atoms with Crippen molar-refractivity contribution in [3.63, 3.8) is 0 Å². The zero-order valence-corrected chi connectivity index (χ0v) is 6.16. The van der Waals surface area contributed by atoms with E-state index in [0.717, 1.165) is 24.8 Å². The molecular weight excluding hydrogens is 138 g/mol. The lowest BCUT2D eigenvalue weighted by Crippen LogP contribution is -1.96. The molecule has 11 heavy (non-hydrogen) atoms. The molecule has 0 fully saturated rings. The lowest BCUT2D eigenvalue weighted by molar-refractivity contribution is -0.109. The van der Waals surface area contributed by atoms with Gasteiger partial charge in [-0.15, -0.1) is 0 Å². The van der Waals surface area contributed by atoms with Crippen molar-refractivity contribution in [2.24, 2.45) is 0 Å². The summed E-state index contributed by atoms with van der Waals surface area (Å²) in [5.74, 6) is 0.0613. The van der Waals surface area contributed by atoms with Gasteiger partial charge in [0, 0.05) is 6.20 Å². The molecule has 2 rings (SSSR count). The Balaban J connectivity index is 2.46. The Bertz CT molecular complexity index is 283. The molecule has 56 valence electrons. The second-order valence-corrected chi connectivity index (χ2v) is 2.83. The number of hydrogen-bond donors (Lipinski definition) is 0. The first kappa shape index (κ1) is 6.53. The van der Waals surface area contributed by atoms with Crippen LogP contribution < -0.4 is 0 Å². The molecule has 2 heteroatoms. The lowest BCUT2D eigenvalue weighted by atomic mass is 10.1. The van der Waals surface area contributed by atoms with Gasteiger partial charge in [0.1, 0.15) is 6.29 Å². The van der Waals surface area contributed by atoms with Crippen molar-refractivity contribution in [2.45, 2.75) is 18.8 Å². The lowest BCUT2D eigenvalue weighted by Gasteiger charge is -1.98. The van der Waals surface area contributed by atoms with E-state index in [1.165, 1.54) is 5.56 Å². The first-order valence-electron chi connectivity index (χ1n) is 3.81. The fourth-order valence-electron chi connectivity index (χ4n) is 1.58. The van der Waals surface area contributed by atoms with Crippen LogP contribution in [0.1, 0.15) is 23.6 Å². The highest BCUT2D eigenvalue weighted by atomic mass is 16.1.